The van der Waals surface area contributed by atoms with Gasteiger partial charge in [-0.15, -0.1) is 36.7 Å². The van der Waals surface area contributed by atoms with Crippen LogP contribution in [-0.4, -0.2) is 49.1 Å². The third-order valence-corrected chi connectivity index (χ3v) is 3.88. The number of hydrogen-bond acceptors (Lipinski definition) is 2. The van der Waals surface area contributed by atoms with E-state index in [1.807, 2.05) is 0 Å². The average molecular weight is 349 g/mol. The first-order valence-corrected chi connectivity index (χ1v) is 7.44. The van der Waals surface area contributed by atoms with Gasteiger partial charge in [0.1, 0.15) is 0 Å². The standard InChI is InChI=1S/C18H32N2.2ClH/c1-17(2,19(5)6)15-13-11-9-10-12-14-16-18(3,4)20(7)8;;/h9-12H2,1-8H3;2*1H. The quantitative estimate of drug-likeness (QED) is 0.545. The second kappa shape index (κ2) is 12.1. The summed E-state index contributed by atoms with van der Waals surface area (Å²) in [5.41, 5.74) is -0.0644. The Morgan fingerprint density at radius 2 is 0.909 bits per heavy atom. The predicted molar refractivity (Wildman–Crippen MR) is 104 cm³/mol. The summed E-state index contributed by atoms with van der Waals surface area (Å²) < 4.78 is 0. The molecule has 0 aromatic carbocycles. The molecule has 0 N–H and O–H groups in total. The third kappa shape index (κ3) is 11.2. The molecule has 0 saturated heterocycles. The predicted octanol–water partition coefficient (Wildman–Crippen LogP) is 4.08. The fraction of sp³-hybridized carbons (Fsp3) is 0.778. The summed E-state index contributed by atoms with van der Waals surface area (Å²) in [6, 6.07) is 0. The van der Waals surface area contributed by atoms with Gasteiger partial charge >= 0.3 is 0 Å². The van der Waals surface area contributed by atoms with Gasteiger partial charge in [0, 0.05) is 12.8 Å². The molecule has 0 unspecified atom stereocenters. The topological polar surface area (TPSA) is 6.48 Å². The first-order chi connectivity index (χ1) is 9.09. The van der Waals surface area contributed by atoms with Gasteiger partial charge in [0.2, 0.25) is 0 Å². The normalized spacial score (nSPS) is 10.8. The van der Waals surface area contributed by atoms with E-state index in [0.717, 1.165) is 25.7 Å². The molecule has 22 heavy (non-hydrogen) atoms. The van der Waals surface area contributed by atoms with Gasteiger partial charge in [-0.3, -0.25) is 9.80 Å². The zero-order chi connectivity index (χ0) is 15.8. The molecule has 0 heterocycles. The number of unbranched alkanes of at least 4 members (excludes halogenated alkanes) is 3. The zero-order valence-corrected chi connectivity index (χ0v) is 17.2. The fourth-order valence-corrected chi connectivity index (χ4v) is 1.21. The van der Waals surface area contributed by atoms with Gasteiger partial charge < -0.3 is 0 Å². The van der Waals surface area contributed by atoms with E-state index < -0.39 is 0 Å². The van der Waals surface area contributed by atoms with Gasteiger partial charge in [0.25, 0.3) is 0 Å². The van der Waals surface area contributed by atoms with E-state index in [-0.39, 0.29) is 35.9 Å². The third-order valence-electron chi connectivity index (χ3n) is 3.88. The monoisotopic (exact) mass is 348 g/mol. The lowest BCUT2D eigenvalue weighted by Crippen LogP contribution is -2.36. The van der Waals surface area contributed by atoms with Crippen LogP contribution in [0.15, 0.2) is 0 Å². The number of nitrogens with zero attached hydrogens (tertiary/aromatic N) is 2. The SMILES string of the molecule is CN(C)C(C)(C)C#CCCCCC#CC(C)(C)N(C)C.Cl.Cl. The Kier molecular flexibility index (Phi) is 14.6. The second-order valence-electron chi connectivity index (χ2n) is 6.72. The molecule has 0 bridgehead atoms. The highest BCUT2D eigenvalue weighted by atomic mass is 35.5. The summed E-state index contributed by atoms with van der Waals surface area (Å²) in [7, 11) is 8.26. The lowest BCUT2D eigenvalue weighted by Gasteiger charge is -2.26. The van der Waals surface area contributed by atoms with Crippen LogP contribution >= 0.6 is 24.8 Å². The molecule has 2 nitrogen and oxygen atoms in total. The van der Waals surface area contributed by atoms with Crippen molar-refractivity contribution in [3.05, 3.63) is 0 Å². The Balaban J connectivity index is -0.00000180. The molecule has 130 valence electrons. The summed E-state index contributed by atoms with van der Waals surface area (Å²) in [5, 5.41) is 0. The van der Waals surface area contributed by atoms with Crippen molar-refractivity contribution in [2.24, 2.45) is 0 Å². The smallest absolute Gasteiger partial charge is 0.0763 e. The Hall–Kier alpha value is -0.380. The highest BCUT2D eigenvalue weighted by Gasteiger charge is 2.16. The highest BCUT2D eigenvalue weighted by Crippen LogP contribution is 2.09. The van der Waals surface area contributed by atoms with Crippen molar-refractivity contribution in [1.29, 1.82) is 0 Å². The molecule has 0 aromatic rings. The van der Waals surface area contributed by atoms with Crippen LogP contribution in [0.1, 0.15) is 53.4 Å². The average Bonchev–Trinajstić information content (AvgIpc) is 2.31. The van der Waals surface area contributed by atoms with Crippen LogP contribution in [0.3, 0.4) is 0 Å². The second-order valence-corrected chi connectivity index (χ2v) is 6.72. The maximum Gasteiger partial charge on any atom is 0.0763 e. The van der Waals surface area contributed by atoms with Gasteiger partial charge in [-0.1, -0.05) is 11.8 Å². The fourth-order valence-electron chi connectivity index (χ4n) is 1.21. The van der Waals surface area contributed by atoms with Crippen LogP contribution in [0, 0.1) is 23.7 Å². The van der Waals surface area contributed by atoms with Crippen LogP contribution in [0.25, 0.3) is 0 Å². The van der Waals surface area contributed by atoms with Gasteiger partial charge in [-0.25, -0.2) is 0 Å². The summed E-state index contributed by atoms with van der Waals surface area (Å²) in [5.74, 6) is 13.2. The first kappa shape index (κ1) is 26.5. The molecule has 0 rings (SSSR count). The zero-order valence-electron chi connectivity index (χ0n) is 15.5. The van der Waals surface area contributed by atoms with Crippen molar-refractivity contribution in [1.82, 2.24) is 9.80 Å². The van der Waals surface area contributed by atoms with Crippen molar-refractivity contribution < 1.29 is 0 Å². The Bertz CT molecular complexity index is 364. The van der Waals surface area contributed by atoms with E-state index in [4.69, 9.17) is 0 Å². The van der Waals surface area contributed by atoms with Gasteiger partial charge in [-0.2, -0.15) is 0 Å². The summed E-state index contributed by atoms with van der Waals surface area (Å²) in [4.78, 5) is 4.30. The molecule has 0 aliphatic rings. The molecule has 0 aromatic heterocycles. The van der Waals surface area contributed by atoms with Crippen molar-refractivity contribution in [3.63, 3.8) is 0 Å². The van der Waals surface area contributed by atoms with Crippen molar-refractivity contribution >= 4 is 24.8 Å². The maximum atomic E-state index is 3.32. The van der Waals surface area contributed by atoms with Gasteiger partial charge in [0.15, 0.2) is 0 Å². The molecule has 0 saturated carbocycles. The van der Waals surface area contributed by atoms with Crippen LogP contribution in [-0.2, 0) is 0 Å². The van der Waals surface area contributed by atoms with E-state index in [1.165, 1.54) is 0 Å². The van der Waals surface area contributed by atoms with E-state index in [2.05, 4.69) is 89.4 Å². The number of rotatable bonds is 5. The van der Waals surface area contributed by atoms with Crippen LogP contribution in [0.5, 0.6) is 0 Å². The lowest BCUT2D eigenvalue weighted by molar-refractivity contribution is 0.263. The first-order valence-electron chi connectivity index (χ1n) is 7.44. The maximum absolute atomic E-state index is 3.32. The van der Waals surface area contributed by atoms with Crippen molar-refractivity contribution in [2.45, 2.75) is 64.5 Å². The van der Waals surface area contributed by atoms with E-state index in [1.54, 1.807) is 0 Å². The molecule has 0 atom stereocenters. The summed E-state index contributed by atoms with van der Waals surface area (Å²) >= 11 is 0. The molecule has 0 spiro atoms. The highest BCUT2D eigenvalue weighted by molar-refractivity contribution is 5.85. The Morgan fingerprint density at radius 3 is 1.14 bits per heavy atom. The molecule has 0 amide bonds. The molecule has 0 radical (unpaired) electrons. The molecule has 4 heteroatoms. The Labute approximate surface area is 151 Å². The van der Waals surface area contributed by atoms with E-state index in [9.17, 15) is 0 Å². The lowest BCUT2D eigenvalue weighted by atomic mass is 10.0. The van der Waals surface area contributed by atoms with Crippen molar-refractivity contribution in [2.75, 3.05) is 28.2 Å². The number of halogens is 2. The van der Waals surface area contributed by atoms with Crippen LogP contribution in [0.2, 0.25) is 0 Å². The summed E-state index contributed by atoms with van der Waals surface area (Å²) in [6.07, 6.45) is 4.20. The van der Waals surface area contributed by atoms with Crippen molar-refractivity contribution in [3.8, 4) is 23.7 Å². The number of hydrogen-bond donors (Lipinski definition) is 0. The molecule has 0 aliphatic carbocycles. The van der Waals surface area contributed by atoms with E-state index >= 15 is 0 Å². The van der Waals surface area contributed by atoms with Crippen LogP contribution in [0.4, 0.5) is 0 Å². The molecular formula is C18H34Cl2N2. The van der Waals surface area contributed by atoms with Crippen LogP contribution < -0.4 is 0 Å². The minimum atomic E-state index is -0.0322. The van der Waals surface area contributed by atoms with Gasteiger partial charge in [0.05, 0.1) is 11.1 Å². The molecule has 0 fully saturated rings. The molecular weight excluding hydrogens is 315 g/mol. The van der Waals surface area contributed by atoms with Gasteiger partial charge in [-0.05, 0) is 68.7 Å². The summed E-state index contributed by atoms with van der Waals surface area (Å²) in [6.45, 7) is 8.59. The molecule has 0 aliphatic heterocycles. The Morgan fingerprint density at radius 1 is 0.636 bits per heavy atom. The largest absolute Gasteiger partial charge is 0.294 e. The van der Waals surface area contributed by atoms with E-state index in [0.29, 0.717) is 0 Å². The minimum Gasteiger partial charge on any atom is -0.294 e. The minimum absolute atomic E-state index is 0.